The van der Waals surface area contributed by atoms with Crippen molar-refractivity contribution in [1.29, 1.82) is 0 Å². The van der Waals surface area contributed by atoms with Crippen molar-refractivity contribution in [2.75, 3.05) is 13.2 Å². The lowest BCUT2D eigenvalue weighted by atomic mass is 10.0. The average molecular weight is 293 g/mol. The number of aliphatic hydroxyl groups excluding tert-OH is 1. The molecule has 4 nitrogen and oxygen atoms in total. The van der Waals surface area contributed by atoms with Crippen LogP contribution in [0.25, 0.3) is 0 Å². The Bertz CT molecular complexity index is 428. The van der Waals surface area contributed by atoms with Gasteiger partial charge in [-0.05, 0) is 37.3 Å². The SMILES string of the molecule is CCOC(=O)C(C)NCC(O)c1ccc(CC(C)C)cc1. The van der Waals surface area contributed by atoms with Crippen LogP contribution in [-0.4, -0.2) is 30.3 Å². The van der Waals surface area contributed by atoms with Gasteiger partial charge in [-0.15, -0.1) is 0 Å². The Labute approximate surface area is 127 Å². The van der Waals surface area contributed by atoms with Crippen LogP contribution in [0.5, 0.6) is 0 Å². The Hall–Kier alpha value is -1.39. The van der Waals surface area contributed by atoms with Gasteiger partial charge in [0, 0.05) is 6.54 Å². The minimum atomic E-state index is -0.630. The van der Waals surface area contributed by atoms with Crippen molar-refractivity contribution in [2.45, 2.75) is 46.3 Å². The molecule has 0 spiro atoms. The lowest BCUT2D eigenvalue weighted by Gasteiger charge is -2.16. The molecular weight excluding hydrogens is 266 g/mol. The first-order valence-electron chi connectivity index (χ1n) is 7.61. The molecule has 1 aromatic rings. The van der Waals surface area contributed by atoms with Crippen molar-refractivity contribution in [2.24, 2.45) is 5.92 Å². The molecule has 0 bridgehead atoms. The molecular formula is C17H27NO3. The van der Waals surface area contributed by atoms with Gasteiger partial charge in [0.05, 0.1) is 12.7 Å². The van der Waals surface area contributed by atoms with Crippen molar-refractivity contribution in [3.8, 4) is 0 Å². The molecule has 118 valence electrons. The summed E-state index contributed by atoms with van der Waals surface area (Å²) in [7, 11) is 0. The van der Waals surface area contributed by atoms with E-state index in [0.29, 0.717) is 19.1 Å². The van der Waals surface area contributed by atoms with Gasteiger partial charge >= 0.3 is 5.97 Å². The normalized spacial score (nSPS) is 14.0. The average Bonchev–Trinajstić information content (AvgIpc) is 2.44. The van der Waals surface area contributed by atoms with Crippen LogP contribution >= 0.6 is 0 Å². The molecule has 2 atom stereocenters. The molecule has 0 amide bonds. The van der Waals surface area contributed by atoms with E-state index in [1.54, 1.807) is 13.8 Å². The Morgan fingerprint density at radius 3 is 2.38 bits per heavy atom. The van der Waals surface area contributed by atoms with Crippen molar-refractivity contribution in [3.63, 3.8) is 0 Å². The van der Waals surface area contributed by atoms with E-state index in [1.807, 2.05) is 24.3 Å². The molecule has 2 N–H and O–H groups in total. The third-order valence-electron chi connectivity index (χ3n) is 3.27. The Kier molecular flexibility index (Phi) is 7.40. The zero-order chi connectivity index (χ0) is 15.8. The number of rotatable bonds is 8. The number of benzene rings is 1. The van der Waals surface area contributed by atoms with Crippen LogP contribution in [0.3, 0.4) is 0 Å². The Morgan fingerprint density at radius 1 is 1.24 bits per heavy atom. The molecule has 21 heavy (non-hydrogen) atoms. The highest BCUT2D eigenvalue weighted by molar-refractivity contribution is 5.75. The summed E-state index contributed by atoms with van der Waals surface area (Å²) >= 11 is 0. The number of esters is 1. The highest BCUT2D eigenvalue weighted by Crippen LogP contribution is 2.15. The van der Waals surface area contributed by atoms with Gasteiger partial charge in [-0.25, -0.2) is 0 Å². The van der Waals surface area contributed by atoms with Crippen molar-refractivity contribution in [1.82, 2.24) is 5.32 Å². The molecule has 1 rings (SSSR count). The number of ether oxygens (including phenoxy) is 1. The van der Waals surface area contributed by atoms with Crippen LogP contribution in [0.15, 0.2) is 24.3 Å². The third kappa shape index (κ3) is 6.27. The molecule has 0 radical (unpaired) electrons. The van der Waals surface area contributed by atoms with E-state index in [9.17, 15) is 9.90 Å². The first kappa shape index (κ1) is 17.7. The van der Waals surface area contributed by atoms with Crippen LogP contribution in [0, 0.1) is 5.92 Å². The summed E-state index contributed by atoms with van der Waals surface area (Å²) in [6.45, 7) is 8.57. The van der Waals surface area contributed by atoms with Crippen LogP contribution in [-0.2, 0) is 16.0 Å². The van der Waals surface area contributed by atoms with Crippen LogP contribution in [0.2, 0.25) is 0 Å². The minimum absolute atomic E-state index is 0.294. The molecule has 0 aromatic heterocycles. The number of aliphatic hydroxyl groups is 1. The predicted octanol–water partition coefficient (Wildman–Crippen LogP) is 2.46. The number of hydrogen-bond acceptors (Lipinski definition) is 4. The summed E-state index contributed by atoms with van der Waals surface area (Å²) in [5, 5.41) is 13.1. The van der Waals surface area contributed by atoms with Crippen LogP contribution < -0.4 is 5.32 Å². The molecule has 0 aliphatic heterocycles. The lowest BCUT2D eigenvalue weighted by Crippen LogP contribution is -2.37. The summed E-state index contributed by atoms with van der Waals surface area (Å²) in [6.07, 6.45) is 0.407. The first-order valence-corrected chi connectivity index (χ1v) is 7.61. The second-order valence-electron chi connectivity index (χ2n) is 5.74. The molecule has 0 fully saturated rings. The number of carbonyl (C=O) groups excluding carboxylic acids is 1. The van der Waals surface area contributed by atoms with Gasteiger partial charge in [0.15, 0.2) is 0 Å². The number of nitrogens with one attached hydrogen (secondary N) is 1. The van der Waals surface area contributed by atoms with Gasteiger partial charge in [-0.3, -0.25) is 4.79 Å². The van der Waals surface area contributed by atoms with E-state index in [0.717, 1.165) is 12.0 Å². The second kappa shape index (κ2) is 8.80. The van der Waals surface area contributed by atoms with Gasteiger partial charge in [0.25, 0.3) is 0 Å². The Balaban J connectivity index is 2.48. The second-order valence-corrected chi connectivity index (χ2v) is 5.74. The Morgan fingerprint density at radius 2 is 1.86 bits per heavy atom. The molecule has 0 aliphatic rings. The maximum atomic E-state index is 11.5. The third-order valence-corrected chi connectivity index (χ3v) is 3.27. The van der Waals surface area contributed by atoms with Crippen molar-refractivity contribution >= 4 is 5.97 Å². The lowest BCUT2D eigenvalue weighted by molar-refractivity contribution is -0.145. The fraction of sp³-hybridized carbons (Fsp3) is 0.588. The minimum Gasteiger partial charge on any atom is -0.465 e. The maximum absolute atomic E-state index is 11.5. The highest BCUT2D eigenvalue weighted by atomic mass is 16.5. The topological polar surface area (TPSA) is 58.6 Å². The quantitative estimate of drug-likeness (QED) is 0.723. The summed E-state index contributed by atoms with van der Waals surface area (Å²) < 4.78 is 4.91. The summed E-state index contributed by atoms with van der Waals surface area (Å²) in [5.41, 5.74) is 2.12. The molecule has 0 saturated heterocycles. The van der Waals surface area contributed by atoms with Gasteiger partial charge in [0.1, 0.15) is 6.04 Å². The zero-order valence-electron chi connectivity index (χ0n) is 13.4. The maximum Gasteiger partial charge on any atom is 0.322 e. The highest BCUT2D eigenvalue weighted by Gasteiger charge is 2.15. The van der Waals surface area contributed by atoms with Gasteiger partial charge < -0.3 is 15.2 Å². The van der Waals surface area contributed by atoms with E-state index in [-0.39, 0.29) is 5.97 Å². The van der Waals surface area contributed by atoms with E-state index >= 15 is 0 Å². The first-order chi connectivity index (χ1) is 9.93. The summed E-state index contributed by atoms with van der Waals surface area (Å²) in [5.74, 6) is 0.324. The van der Waals surface area contributed by atoms with E-state index in [1.165, 1.54) is 5.56 Å². The fourth-order valence-electron chi connectivity index (χ4n) is 2.10. The number of carbonyl (C=O) groups is 1. The van der Waals surface area contributed by atoms with Crippen LogP contribution in [0.4, 0.5) is 0 Å². The van der Waals surface area contributed by atoms with Crippen molar-refractivity contribution < 1.29 is 14.6 Å². The molecule has 0 heterocycles. The molecule has 0 saturated carbocycles. The summed E-state index contributed by atoms with van der Waals surface area (Å²) in [6, 6.07) is 7.57. The molecule has 0 aliphatic carbocycles. The summed E-state index contributed by atoms with van der Waals surface area (Å²) in [4.78, 5) is 11.5. The van der Waals surface area contributed by atoms with Gasteiger partial charge in [0.2, 0.25) is 0 Å². The van der Waals surface area contributed by atoms with E-state index in [4.69, 9.17) is 4.74 Å². The monoisotopic (exact) mass is 293 g/mol. The van der Waals surface area contributed by atoms with Gasteiger partial charge in [-0.1, -0.05) is 38.1 Å². The standard InChI is InChI=1S/C17H27NO3/c1-5-21-17(20)13(4)18-11-16(19)15-8-6-14(7-9-15)10-12(2)3/h6-9,12-13,16,18-19H,5,10-11H2,1-4H3. The molecule has 2 unspecified atom stereocenters. The molecule has 1 aromatic carbocycles. The smallest absolute Gasteiger partial charge is 0.322 e. The van der Waals surface area contributed by atoms with Crippen LogP contribution in [0.1, 0.15) is 44.9 Å². The van der Waals surface area contributed by atoms with E-state index < -0.39 is 12.1 Å². The largest absolute Gasteiger partial charge is 0.465 e. The number of hydrogen-bond donors (Lipinski definition) is 2. The van der Waals surface area contributed by atoms with Gasteiger partial charge in [-0.2, -0.15) is 0 Å². The zero-order valence-corrected chi connectivity index (χ0v) is 13.4. The predicted molar refractivity (Wildman–Crippen MR) is 84.0 cm³/mol. The van der Waals surface area contributed by atoms with Crippen molar-refractivity contribution in [3.05, 3.63) is 35.4 Å². The van der Waals surface area contributed by atoms with E-state index in [2.05, 4.69) is 19.2 Å². The molecule has 4 heteroatoms. The fourth-order valence-corrected chi connectivity index (χ4v) is 2.10.